The van der Waals surface area contributed by atoms with Gasteiger partial charge in [0.25, 0.3) is 0 Å². The van der Waals surface area contributed by atoms with E-state index in [-0.39, 0.29) is 5.78 Å². The third-order valence-corrected chi connectivity index (χ3v) is 6.82. The molecule has 1 aliphatic heterocycles. The van der Waals surface area contributed by atoms with Gasteiger partial charge in [-0.1, -0.05) is 36.4 Å². The van der Waals surface area contributed by atoms with Gasteiger partial charge in [-0.15, -0.1) is 0 Å². The minimum absolute atomic E-state index is 0.178. The van der Waals surface area contributed by atoms with E-state index in [1.807, 2.05) is 36.5 Å². The second kappa shape index (κ2) is 10.7. The van der Waals surface area contributed by atoms with Gasteiger partial charge in [-0.25, -0.2) is 9.97 Å². The smallest absolute Gasteiger partial charge is 0.147 e. The summed E-state index contributed by atoms with van der Waals surface area (Å²) in [6, 6.07) is 18.1. The topological polar surface area (TPSA) is 88.0 Å². The molecule has 1 aliphatic rings. The first-order valence-electron chi connectivity index (χ1n) is 12.7. The van der Waals surface area contributed by atoms with Crippen molar-refractivity contribution in [3.05, 3.63) is 103 Å². The zero-order valence-electron chi connectivity index (χ0n) is 20.9. The Bertz CT molecular complexity index is 1530. The van der Waals surface area contributed by atoms with E-state index in [9.17, 15) is 4.79 Å². The van der Waals surface area contributed by atoms with E-state index in [4.69, 9.17) is 4.98 Å². The molecule has 0 spiro atoms. The first-order chi connectivity index (χ1) is 18.7. The number of Topliss-reactive ketones (excluding diaryl/α,β-unsaturated/α-hetero) is 1. The van der Waals surface area contributed by atoms with Crippen molar-refractivity contribution < 1.29 is 4.79 Å². The summed E-state index contributed by atoms with van der Waals surface area (Å²) in [6.07, 6.45) is 11.4. The SMILES string of the molecule is O=C(Cc1ccc(-c2ccc3ncc(N4CCN(c5cnccn5)CC4)nc3c2)cc1)Cc1cccnc1. The maximum absolute atomic E-state index is 12.5. The van der Waals surface area contributed by atoms with Gasteiger partial charge < -0.3 is 9.80 Å². The lowest BCUT2D eigenvalue weighted by Gasteiger charge is -2.35. The van der Waals surface area contributed by atoms with Crippen molar-refractivity contribution in [1.29, 1.82) is 0 Å². The summed E-state index contributed by atoms with van der Waals surface area (Å²) in [5.74, 6) is 1.97. The molecule has 3 aromatic heterocycles. The fourth-order valence-corrected chi connectivity index (χ4v) is 4.79. The van der Waals surface area contributed by atoms with Crippen LogP contribution in [0.15, 0.2) is 91.8 Å². The number of aromatic nitrogens is 5. The first-order valence-corrected chi connectivity index (χ1v) is 12.7. The van der Waals surface area contributed by atoms with Crippen molar-refractivity contribution in [2.24, 2.45) is 0 Å². The highest BCUT2D eigenvalue weighted by Crippen LogP contribution is 2.25. The second-order valence-electron chi connectivity index (χ2n) is 9.42. The minimum Gasteiger partial charge on any atom is -0.352 e. The highest BCUT2D eigenvalue weighted by Gasteiger charge is 2.20. The number of hydrogen-bond acceptors (Lipinski definition) is 8. The van der Waals surface area contributed by atoms with Crippen LogP contribution in [0.3, 0.4) is 0 Å². The number of hydrogen-bond donors (Lipinski definition) is 0. The molecule has 8 nitrogen and oxygen atoms in total. The zero-order chi connectivity index (χ0) is 25.7. The molecule has 0 radical (unpaired) electrons. The van der Waals surface area contributed by atoms with Gasteiger partial charge in [-0.2, -0.15) is 0 Å². The van der Waals surface area contributed by atoms with Crippen LogP contribution in [0.5, 0.6) is 0 Å². The average molecular weight is 502 g/mol. The van der Waals surface area contributed by atoms with E-state index < -0.39 is 0 Å². The molecule has 0 atom stereocenters. The van der Waals surface area contributed by atoms with E-state index in [0.29, 0.717) is 12.8 Å². The van der Waals surface area contributed by atoms with Gasteiger partial charge in [-0.05, 0) is 40.5 Å². The lowest BCUT2D eigenvalue weighted by molar-refractivity contribution is -0.117. The number of fused-ring (bicyclic) bond motifs is 1. The Morgan fingerprint density at radius 2 is 1.39 bits per heavy atom. The number of benzene rings is 2. The molecule has 0 amide bonds. The summed E-state index contributed by atoms with van der Waals surface area (Å²) >= 11 is 0. The number of carbonyl (C=O) groups excluding carboxylic acids is 1. The average Bonchev–Trinajstić information content (AvgIpc) is 2.98. The van der Waals surface area contributed by atoms with Crippen LogP contribution in [-0.2, 0) is 17.6 Å². The largest absolute Gasteiger partial charge is 0.352 e. The van der Waals surface area contributed by atoms with Crippen molar-refractivity contribution in [2.45, 2.75) is 12.8 Å². The number of carbonyl (C=O) groups is 1. The van der Waals surface area contributed by atoms with Gasteiger partial charge in [0.1, 0.15) is 17.4 Å². The summed E-state index contributed by atoms with van der Waals surface area (Å²) in [5.41, 5.74) is 5.84. The number of ketones is 1. The lowest BCUT2D eigenvalue weighted by atomic mass is 10.00. The van der Waals surface area contributed by atoms with Gasteiger partial charge >= 0.3 is 0 Å². The molecule has 1 fully saturated rings. The Balaban J connectivity index is 1.13. The summed E-state index contributed by atoms with van der Waals surface area (Å²) in [7, 11) is 0. The Morgan fingerprint density at radius 1 is 0.658 bits per heavy atom. The summed E-state index contributed by atoms with van der Waals surface area (Å²) in [6.45, 7) is 3.40. The Labute approximate surface area is 221 Å². The lowest BCUT2D eigenvalue weighted by Crippen LogP contribution is -2.47. The molecule has 0 aliphatic carbocycles. The van der Waals surface area contributed by atoms with E-state index >= 15 is 0 Å². The summed E-state index contributed by atoms with van der Waals surface area (Å²) < 4.78 is 0. The fourth-order valence-electron chi connectivity index (χ4n) is 4.79. The highest BCUT2D eigenvalue weighted by molar-refractivity contribution is 5.84. The monoisotopic (exact) mass is 501 g/mol. The molecule has 2 aromatic carbocycles. The fraction of sp³-hybridized carbons (Fsp3) is 0.200. The number of pyridine rings is 1. The van der Waals surface area contributed by atoms with Crippen molar-refractivity contribution in [1.82, 2.24) is 24.9 Å². The number of rotatable bonds is 7. The third kappa shape index (κ3) is 5.34. The van der Waals surface area contributed by atoms with E-state index in [1.165, 1.54) is 0 Å². The van der Waals surface area contributed by atoms with Crippen LogP contribution in [0.2, 0.25) is 0 Å². The maximum atomic E-state index is 12.5. The zero-order valence-corrected chi connectivity index (χ0v) is 20.9. The molecule has 38 heavy (non-hydrogen) atoms. The second-order valence-corrected chi connectivity index (χ2v) is 9.42. The number of nitrogens with zero attached hydrogens (tertiary/aromatic N) is 7. The molecular weight excluding hydrogens is 474 g/mol. The standard InChI is InChI=1S/C30H27N7O/c38-26(17-23-2-1-9-31-19-23)16-22-3-5-24(6-4-22)25-7-8-27-28(18-25)35-30(21-34-27)37-14-12-36(13-15-37)29-20-32-10-11-33-29/h1-11,18-21H,12-17H2. The molecule has 8 heteroatoms. The summed E-state index contributed by atoms with van der Waals surface area (Å²) in [5, 5.41) is 0. The van der Waals surface area contributed by atoms with Crippen molar-refractivity contribution >= 4 is 28.5 Å². The van der Waals surface area contributed by atoms with Crippen LogP contribution in [0.4, 0.5) is 11.6 Å². The van der Waals surface area contributed by atoms with E-state index in [0.717, 1.165) is 71.1 Å². The van der Waals surface area contributed by atoms with Gasteiger partial charge in [0, 0.05) is 63.8 Å². The Kier molecular flexibility index (Phi) is 6.68. The Hall–Kier alpha value is -4.72. The quantitative estimate of drug-likeness (QED) is 0.329. The predicted molar refractivity (Wildman–Crippen MR) is 148 cm³/mol. The van der Waals surface area contributed by atoms with Crippen LogP contribution >= 0.6 is 0 Å². The molecule has 5 aromatic rings. The molecule has 0 bridgehead atoms. The van der Waals surface area contributed by atoms with Crippen LogP contribution in [0.25, 0.3) is 22.2 Å². The van der Waals surface area contributed by atoms with Crippen molar-refractivity contribution in [3.8, 4) is 11.1 Å². The van der Waals surface area contributed by atoms with Gasteiger partial charge in [0.15, 0.2) is 0 Å². The molecule has 0 N–H and O–H groups in total. The number of piperazine rings is 1. The molecule has 0 unspecified atom stereocenters. The van der Waals surface area contributed by atoms with Crippen LogP contribution in [0, 0.1) is 0 Å². The van der Waals surface area contributed by atoms with Gasteiger partial charge in [0.2, 0.25) is 0 Å². The van der Waals surface area contributed by atoms with Crippen LogP contribution in [-0.4, -0.2) is 56.9 Å². The third-order valence-electron chi connectivity index (χ3n) is 6.82. The van der Waals surface area contributed by atoms with Gasteiger partial charge in [0.05, 0.1) is 23.4 Å². The van der Waals surface area contributed by atoms with Crippen molar-refractivity contribution in [3.63, 3.8) is 0 Å². The normalized spacial score (nSPS) is 13.6. The van der Waals surface area contributed by atoms with Crippen LogP contribution in [0.1, 0.15) is 11.1 Å². The first kappa shape index (κ1) is 23.7. The van der Waals surface area contributed by atoms with Crippen LogP contribution < -0.4 is 9.80 Å². The highest BCUT2D eigenvalue weighted by atomic mass is 16.1. The van der Waals surface area contributed by atoms with E-state index in [1.54, 1.807) is 31.0 Å². The predicted octanol–water partition coefficient (Wildman–Crippen LogP) is 4.16. The Morgan fingerprint density at radius 3 is 2.13 bits per heavy atom. The molecule has 1 saturated heterocycles. The van der Waals surface area contributed by atoms with E-state index in [2.05, 4.69) is 54.0 Å². The number of anilines is 2. The summed E-state index contributed by atoms with van der Waals surface area (Å²) in [4.78, 5) is 39.3. The van der Waals surface area contributed by atoms with Gasteiger partial charge in [-0.3, -0.25) is 19.7 Å². The maximum Gasteiger partial charge on any atom is 0.147 e. The molecule has 0 saturated carbocycles. The molecule has 6 rings (SSSR count). The molecule has 4 heterocycles. The molecular formula is C30H27N7O. The molecule has 188 valence electrons. The minimum atomic E-state index is 0.178. The van der Waals surface area contributed by atoms with Crippen molar-refractivity contribution in [2.75, 3.05) is 36.0 Å².